The van der Waals surface area contributed by atoms with E-state index in [0.29, 0.717) is 38.5 Å². The Kier molecular flexibility index (Phi) is 7.54. The molecule has 0 saturated carbocycles. The monoisotopic (exact) mass is 423 g/mol. The topological polar surface area (TPSA) is 112 Å². The Hall–Kier alpha value is -3.48. The van der Waals surface area contributed by atoms with E-state index in [9.17, 15) is 20.2 Å². The highest BCUT2D eigenvalue weighted by atomic mass is 16.6. The number of nitro groups is 1. The molecular formula is C22H25N5O4. The lowest BCUT2D eigenvalue weighted by Crippen LogP contribution is -2.53. The molecular weight excluding hydrogens is 398 g/mol. The number of benzene rings is 2. The van der Waals surface area contributed by atoms with E-state index in [1.54, 1.807) is 18.1 Å². The SMILES string of the molecule is COCCNc1ccc(C(=O)N2CCN(Cc3ccccc3)C(C#N)C2)cc1[N+](=O)[O-]. The smallest absolute Gasteiger partial charge is 0.293 e. The van der Waals surface area contributed by atoms with Gasteiger partial charge < -0.3 is 15.0 Å². The van der Waals surface area contributed by atoms with E-state index in [0.717, 1.165) is 5.56 Å². The molecule has 1 unspecified atom stereocenters. The standard InChI is InChI=1S/C22H25N5O4/c1-31-12-9-24-20-8-7-18(13-21(20)27(29)30)22(28)26-11-10-25(19(14-23)16-26)15-17-5-3-2-4-6-17/h2-8,13,19,24H,9-12,15-16H2,1H3. The first-order chi connectivity index (χ1) is 15.0. The summed E-state index contributed by atoms with van der Waals surface area (Å²) in [5, 5.41) is 24.1. The number of methoxy groups -OCH3 is 1. The number of hydrogen-bond donors (Lipinski definition) is 1. The van der Waals surface area contributed by atoms with Gasteiger partial charge >= 0.3 is 0 Å². The number of nitriles is 1. The maximum absolute atomic E-state index is 13.0. The van der Waals surface area contributed by atoms with Crippen LogP contribution in [0.4, 0.5) is 11.4 Å². The van der Waals surface area contributed by atoms with E-state index in [-0.39, 0.29) is 23.7 Å². The zero-order valence-electron chi connectivity index (χ0n) is 17.4. The summed E-state index contributed by atoms with van der Waals surface area (Å²) in [6, 6.07) is 16.1. The molecule has 1 aliphatic rings. The molecule has 31 heavy (non-hydrogen) atoms. The number of hydrogen-bond acceptors (Lipinski definition) is 7. The van der Waals surface area contributed by atoms with Crippen molar-refractivity contribution in [3.8, 4) is 6.07 Å². The summed E-state index contributed by atoms with van der Waals surface area (Å²) < 4.78 is 4.95. The molecule has 2 aromatic carbocycles. The molecule has 1 aliphatic heterocycles. The highest BCUT2D eigenvalue weighted by molar-refractivity contribution is 5.96. The highest BCUT2D eigenvalue weighted by Crippen LogP contribution is 2.26. The van der Waals surface area contributed by atoms with Crippen LogP contribution in [0.2, 0.25) is 0 Å². The Bertz CT molecular complexity index is 960. The van der Waals surface area contributed by atoms with Crippen molar-refractivity contribution in [3.63, 3.8) is 0 Å². The van der Waals surface area contributed by atoms with Crippen LogP contribution in [-0.4, -0.2) is 66.6 Å². The molecule has 9 heteroatoms. The minimum Gasteiger partial charge on any atom is -0.383 e. The van der Waals surface area contributed by atoms with Gasteiger partial charge in [-0.15, -0.1) is 0 Å². The number of carbonyl (C=O) groups is 1. The summed E-state index contributed by atoms with van der Waals surface area (Å²) in [6.45, 7) is 2.71. The Labute approximate surface area is 181 Å². The number of piperazine rings is 1. The summed E-state index contributed by atoms with van der Waals surface area (Å²) in [5.41, 5.74) is 1.51. The molecule has 1 atom stereocenters. The number of nitrogens with one attached hydrogen (secondary N) is 1. The van der Waals surface area contributed by atoms with E-state index in [4.69, 9.17) is 4.74 Å². The van der Waals surface area contributed by atoms with Crippen LogP contribution in [0.3, 0.4) is 0 Å². The van der Waals surface area contributed by atoms with Crippen LogP contribution in [-0.2, 0) is 11.3 Å². The minimum absolute atomic E-state index is 0.165. The zero-order chi connectivity index (χ0) is 22.2. The van der Waals surface area contributed by atoms with Crippen molar-refractivity contribution in [3.05, 3.63) is 69.8 Å². The van der Waals surface area contributed by atoms with Gasteiger partial charge in [0.15, 0.2) is 0 Å². The molecule has 3 rings (SSSR count). The van der Waals surface area contributed by atoms with Gasteiger partial charge in [0.2, 0.25) is 0 Å². The second-order valence-corrected chi connectivity index (χ2v) is 7.26. The average Bonchev–Trinajstić information content (AvgIpc) is 2.79. The fourth-order valence-corrected chi connectivity index (χ4v) is 3.57. The van der Waals surface area contributed by atoms with Crippen LogP contribution in [0.5, 0.6) is 0 Å². The maximum atomic E-state index is 13.0. The van der Waals surface area contributed by atoms with Crippen molar-refractivity contribution in [2.45, 2.75) is 12.6 Å². The Morgan fingerprint density at radius 2 is 2.06 bits per heavy atom. The van der Waals surface area contributed by atoms with E-state index >= 15 is 0 Å². The highest BCUT2D eigenvalue weighted by Gasteiger charge is 2.30. The van der Waals surface area contributed by atoms with Gasteiger partial charge in [-0.3, -0.25) is 19.8 Å². The second kappa shape index (κ2) is 10.5. The number of anilines is 1. The lowest BCUT2D eigenvalue weighted by Gasteiger charge is -2.38. The molecule has 1 saturated heterocycles. The van der Waals surface area contributed by atoms with Gasteiger partial charge in [-0.2, -0.15) is 5.26 Å². The van der Waals surface area contributed by atoms with E-state index in [1.807, 2.05) is 35.2 Å². The third-order valence-electron chi connectivity index (χ3n) is 5.22. The fourth-order valence-electron chi connectivity index (χ4n) is 3.57. The van der Waals surface area contributed by atoms with Gasteiger partial charge in [-0.05, 0) is 17.7 Å². The number of ether oxygens (including phenoxy) is 1. The molecule has 0 aromatic heterocycles. The Morgan fingerprint density at radius 3 is 2.74 bits per heavy atom. The van der Waals surface area contributed by atoms with Crippen molar-refractivity contribution in [1.29, 1.82) is 5.26 Å². The predicted molar refractivity (Wildman–Crippen MR) is 116 cm³/mol. The number of rotatable bonds is 8. The number of carbonyl (C=O) groups excluding carboxylic acids is 1. The summed E-state index contributed by atoms with van der Waals surface area (Å²) in [5.74, 6) is -0.314. The molecule has 1 heterocycles. The number of nitrogens with zero attached hydrogens (tertiary/aromatic N) is 4. The van der Waals surface area contributed by atoms with Gasteiger partial charge in [0, 0.05) is 51.5 Å². The molecule has 1 N–H and O–H groups in total. The van der Waals surface area contributed by atoms with Crippen molar-refractivity contribution in [2.75, 3.05) is 45.2 Å². The normalized spacial score (nSPS) is 16.5. The molecule has 9 nitrogen and oxygen atoms in total. The summed E-state index contributed by atoms with van der Waals surface area (Å²) in [4.78, 5) is 27.6. The minimum atomic E-state index is -0.512. The van der Waals surface area contributed by atoms with Crippen LogP contribution >= 0.6 is 0 Å². The maximum Gasteiger partial charge on any atom is 0.293 e. The molecule has 1 amide bonds. The van der Waals surface area contributed by atoms with Gasteiger partial charge in [0.25, 0.3) is 11.6 Å². The van der Waals surface area contributed by atoms with E-state index in [2.05, 4.69) is 11.4 Å². The first-order valence-corrected chi connectivity index (χ1v) is 10.0. The Balaban J connectivity index is 1.70. The largest absolute Gasteiger partial charge is 0.383 e. The third kappa shape index (κ3) is 5.57. The second-order valence-electron chi connectivity index (χ2n) is 7.26. The molecule has 1 fully saturated rings. The van der Waals surface area contributed by atoms with Crippen LogP contribution in [0.25, 0.3) is 0 Å². The zero-order valence-corrected chi connectivity index (χ0v) is 17.4. The molecule has 0 radical (unpaired) electrons. The van der Waals surface area contributed by atoms with E-state index < -0.39 is 11.0 Å². The first-order valence-electron chi connectivity index (χ1n) is 10.0. The molecule has 0 aliphatic carbocycles. The van der Waals surface area contributed by atoms with Crippen LogP contribution in [0.15, 0.2) is 48.5 Å². The van der Waals surface area contributed by atoms with E-state index in [1.165, 1.54) is 12.1 Å². The lowest BCUT2D eigenvalue weighted by molar-refractivity contribution is -0.384. The van der Waals surface area contributed by atoms with Gasteiger partial charge in [0.05, 0.1) is 17.6 Å². The summed E-state index contributed by atoms with van der Waals surface area (Å²) >= 11 is 0. The Morgan fingerprint density at radius 1 is 1.29 bits per heavy atom. The summed E-state index contributed by atoms with van der Waals surface area (Å²) in [7, 11) is 1.55. The van der Waals surface area contributed by atoms with Crippen molar-refractivity contribution in [2.24, 2.45) is 0 Å². The fraction of sp³-hybridized carbons (Fsp3) is 0.364. The number of nitro benzene ring substituents is 1. The quantitative estimate of drug-likeness (QED) is 0.394. The first kappa shape index (κ1) is 22.2. The average molecular weight is 423 g/mol. The molecule has 0 spiro atoms. The number of amides is 1. The molecule has 162 valence electrons. The van der Waals surface area contributed by atoms with Crippen LogP contribution in [0, 0.1) is 21.4 Å². The predicted octanol–water partition coefficient (Wildman–Crippen LogP) is 2.50. The third-order valence-corrected chi connectivity index (χ3v) is 5.22. The van der Waals surface area contributed by atoms with Gasteiger partial charge in [-0.25, -0.2) is 0 Å². The van der Waals surface area contributed by atoms with Gasteiger partial charge in [-0.1, -0.05) is 30.3 Å². The van der Waals surface area contributed by atoms with Crippen molar-refractivity contribution in [1.82, 2.24) is 9.80 Å². The molecule has 2 aromatic rings. The summed E-state index contributed by atoms with van der Waals surface area (Å²) in [6.07, 6.45) is 0. The van der Waals surface area contributed by atoms with Crippen LogP contribution < -0.4 is 5.32 Å². The van der Waals surface area contributed by atoms with Crippen molar-refractivity contribution >= 4 is 17.3 Å². The van der Waals surface area contributed by atoms with Gasteiger partial charge in [0.1, 0.15) is 11.7 Å². The molecule has 0 bridgehead atoms. The lowest BCUT2D eigenvalue weighted by atomic mass is 10.1. The van der Waals surface area contributed by atoms with Crippen molar-refractivity contribution < 1.29 is 14.5 Å². The van der Waals surface area contributed by atoms with Crippen LogP contribution in [0.1, 0.15) is 15.9 Å².